The van der Waals surface area contributed by atoms with Gasteiger partial charge in [-0.05, 0) is 18.2 Å². The Labute approximate surface area is 110 Å². The van der Waals surface area contributed by atoms with Gasteiger partial charge in [0.05, 0.1) is 17.4 Å². The summed E-state index contributed by atoms with van der Waals surface area (Å²) in [4.78, 5) is 11.5. The molecule has 0 unspecified atom stereocenters. The molecule has 7 heteroatoms. The lowest BCUT2D eigenvalue weighted by Crippen LogP contribution is -2.09. The van der Waals surface area contributed by atoms with Crippen LogP contribution in [-0.2, 0) is 14.6 Å². The van der Waals surface area contributed by atoms with Gasteiger partial charge in [0.2, 0.25) is 0 Å². The minimum atomic E-state index is -3.35. The van der Waals surface area contributed by atoms with E-state index in [9.17, 15) is 13.2 Å². The van der Waals surface area contributed by atoms with Crippen molar-refractivity contribution in [3.63, 3.8) is 0 Å². The maximum atomic E-state index is 11.5. The summed E-state index contributed by atoms with van der Waals surface area (Å²) in [5, 5.41) is 19.9. The molecule has 1 aromatic carbocycles. The molecule has 0 heterocycles. The number of carbonyl (C=O) groups is 1. The molecule has 0 aliphatic carbocycles. The minimum Gasteiger partial charge on any atom is -0.511 e. The number of anilines is 1. The second kappa shape index (κ2) is 6.02. The third-order valence-electron chi connectivity index (χ3n) is 2.09. The van der Waals surface area contributed by atoms with Crippen molar-refractivity contribution in [2.45, 2.75) is 11.3 Å². The van der Waals surface area contributed by atoms with Gasteiger partial charge in [-0.15, -0.1) is 0 Å². The fraction of sp³-hybridized carbons (Fsp3) is 0.167. The van der Waals surface area contributed by atoms with Crippen LogP contribution in [0.4, 0.5) is 5.69 Å². The minimum absolute atomic E-state index is 0.0792. The summed E-state index contributed by atoms with van der Waals surface area (Å²) in [5.41, 5.74) is 0.286. The van der Waals surface area contributed by atoms with E-state index >= 15 is 0 Å². The van der Waals surface area contributed by atoms with Gasteiger partial charge in [-0.2, -0.15) is 5.26 Å². The van der Waals surface area contributed by atoms with E-state index in [1.54, 1.807) is 6.07 Å². The maximum Gasteiger partial charge on any atom is 0.251 e. The highest BCUT2D eigenvalue weighted by Crippen LogP contribution is 2.15. The highest BCUT2D eigenvalue weighted by molar-refractivity contribution is 7.90. The molecular weight excluding hydrogens is 268 g/mol. The van der Waals surface area contributed by atoms with Crippen LogP contribution in [-0.4, -0.2) is 25.7 Å². The Hall–Kier alpha value is -2.33. The first kappa shape index (κ1) is 14.7. The molecule has 1 aromatic rings. The smallest absolute Gasteiger partial charge is 0.251 e. The van der Waals surface area contributed by atoms with E-state index in [0.29, 0.717) is 0 Å². The Kier molecular flexibility index (Phi) is 4.67. The van der Waals surface area contributed by atoms with E-state index in [0.717, 1.165) is 12.3 Å². The molecule has 6 nitrogen and oxygen atoms in total. The molecule has 0 spiro atoms. The number of aliphatic hydroxyl groups is 1. The van der Waals surface area contributed by atoms with Gasteiger partial charge in [0.15, 0.2) is 9.84 Å². The van der Waals surface area contributed by atoms with Crippen molar-refractivity contribution in [3.05, 3.63) is 36.1 Å². The summed E-state index contributed by atoms with van der Waals surface area (Å²) in [6.07, 6.45) is 1.67. The fourth-order valence-corrected chi connectivity index (χ4v) is 1.93. The molecule has 1 rings (SSSR count). The number of carbonyl (C=O) groups excluding carboxylic acids is 1. The van der Waals surface area contributed by atoms with Crippen LogP contribution in [0.25, 0.3) is 0 Å². The van der Waals surface area contributed by atoms with Crippen molar-refractivity contribution in [1.29, 1.82) is 5.26 Å². The third-order valence-corrected chi connectivity index (χ3v) is 3.20. The zero-order valence-corrected chi connectivity index (χ0v) is 10.9. The number of hydrogen-bond acceptors (Lipinski definition) is 5. The maximum absolute atomic E-state index is 11.5. The highest BCUT2D eigenvalue weighted by atomic mass is 32.2. The molecule has 1 amide bonds. The molecule has 0 atom stereocenters. The molecule has 0 bridgehead atoms. The number of benzene rings is 1. The molecular formula is C12H12N2O4S. The second-order valence-corrected chi connectivity index (χ2v) is 5.78. The van der Waals surface area contributed by atoms with E-state index in [2.05, 4.69) is 5.32 Å². The molecule has 0 fully saturated rings. The SMILES string of the molecule is CS(=O)(=O)c1cccc(NC(=O)/C=C(/O)CC#N)c1. The topological polar surface area (TPSA) is 107 Å². The number of nitrogens with one attached hydrogen (secondary N) is 1. The van der Waals surface area contributed by atoms with E-state index in [4.69, 9.17) is 10.4 Å². The van der Waals surface area contributed by atoms with Crippen molar-refractivity contribution in [2.75, 3.05) is 11.6 Å². The largest absolute Gasteiger partial charge is 0.511 e. The van der Waals surface area contributed by atoms with Gasteiger partial charge < -0.3 is 10.4 Å². The molecule has 0 aliphatic heterocycles. The molecule has 0 aliphatic rings. The fourth-order valence-electron chi connectivity index (χ4n) is 1.27. The van der Waals surface area contributed by atoms with Crippen LogP contribution in [0.1, 0.15) is 6.42 Å². The second-order valence-electron chi connectivity index (χ2n) is 3.76. The van der Waals surface area contributed by atoms with Crippen LogP contribution in [0.15, 0.2) is 41.0 Å². The molecule has 2 N–H and O–H groups in total. The number of nitriles is 1. The van der Waals surface area contributed by atoms with Gasteiger partial charge in [0.25, 0.3) is 5.91 Å². The van der Waals surface area contributed by atoms with Gasteiger partial charge in [0.1, 0.15) is 5.76 Å². The van der Waals surface area contributed by atoms with E-state index in [-0.39, 0.29) is 22.8 Å². The van der Waals surface area contributed by atoms with Crippen LogP contribution >= 0.6 is 0 Å². The summed E-state index contributed by atoms with van der Waals surface area (Å²) in [6, 6.07) is 7.41. The van der Waals surface area contributed by atoms with Crippen LogP contribution in [0.3, 0.4) is 0 Å². The Morgan fingerprint density at radius 3 is 2.79 bits per heavy atom. The number of sulfone groups is 1. The predicted octanol–water partition coefficient (Wildman–Crippen LogP) is 1.38. The Morgan fingerprint density at radius 1 is 1.53 bits per heavy atom. The zero-order chi connectivity index (χ0) is 14.5. The van der Waals surface area contributed by atoms with Gasteiger partial charge >= 0.3 is 0 Å². The lowest BCUT2D eigenvalue weighted by Gasteiger charge is -2.04. The monoisotopic (exact) mass is 280 g/mol. The van der Waals surface area contributed by atoms with Gasteiger partial charge in [-0.1, -0.05) is 6.07 Å². The zero-order valence-electron chi connectivity index (χ0n) is 10.1. The lowest BCUT2D eigenvalue weighted by molar-refractivity contribution is -0.112. The number of amides is 1. The van der Waals surface area contributed by atoms with Gasteiger partial charge in [0, 0.05) is 18.0 Å². The summed E-state index contributed by atoms with van der Waals surface area (Å²) < 4.78 is 22.7. The number of rotatable bonds is 4. The lowest BCUT2D eigenvalue weighted by atomic mass is 10.3. The van der Waals surface area contributed by atoms with Crippen molar-refractivity contribution >= 4 is 21.4 Å². The average molecular weight is 280 g/mol. The summed E-state index contributed by atoms with van der Waals surface area (Å²) in [7, 11) is -3.35. The Bertz CT molecular complexity index is 657. The summed E-state index contributed by atoms with van der Waals surface area (Å²) in [5.74, 6) is -1.00. The molecule has 100 valence electrons. The van der Waals surface area contributed by atoms with Crippen molar-refractivity contribution in [1.82, 2.24) is 0 Å². The average Bonchev–Trinajstić information content (AvgIpc) is 2.28. The van der Waals surface area contributed by atoms with Crippen molar-refractivity contribution in [2.24, 2.45) is 0 Å². The third kappa shape index (κ3) is 4.81. The molecule has 0 saturated carbocycles. The molecule has 0 radical (unpaired) electrons. The number of allylic oxidation sites excluding steroid dienone is 1. The van der Waals surface area contributed by atoms with Crippen LogP contribution in [0.2, 0.25) is 0 Å². The standard InChI is InChI=1S/C12H12N2O4S/c1-19(17,18)11-4-2-3-9(7-11)14-12(16)8-10(15)5-6-13/h2-4,7-8,15H,5H2,1H3,(H,14,16)/b10-8+. The van der Waals surface area contributed by atoms with E-state index in [1.807, 2.05) is 0 Å². The number of hydrogen-bond donors (Lipinski definition) is 2. The quantitative estimate of drug-likeness (QED) is 0.640. The first-order chi connectivity index (χ1) is 8.82. The van der Waals surface area contributed by atoms with Crippen LogP contribution < -0.4 is 5.32 Å². The summed E-state index contributed by atoms with van der Waals surface area (Å²) >= 11 is 0. The van der Waals surface area contributed by atoms with Crippen molar-refractivity contribution in [3.8, 4) is 6.07 Å². The number of nitrogens with zero attached hydrogens (tertiary/aromatic N) is 1. The van der Waals surface area contributed by atoms with Gasteiger partial charge in [-0.3, -0.25) is 4.79 Å². The van der Waals surface area contributed by atoms with E-state index < -0.39 is 15.7 Å². The van der Waals surface area contributed by atoms with Gasteiger partial charge in [-0.25, -0.2) is 8.42 Å². The van der Waals surface area contributed by atoms with E-state index in [1.165, 1.54) is 24.3 Å². The first-order valence-electron chi connectivity index (χ1n) is 5.20. The van der Waals surface area contributed by atoms with Crippen molar-refractivity contribution < 1.29 is 18.3 Å². The first-order valence-corrected chi connectivity index (χ1v) is 7.09. The normalized spacial score (nSPS) is 11.7. The number of aliphatic hydroxyl groups excluding tert-OH is 1. The molecule has 0 aromatic heterocycles. The predicted molar refractivity (Wildman–Crippen MR) is 69.1 cm³/mol. The Balaban J connectivity index is 2.87. The van der Waals surface area contributed by atoms with Crippen LogP contribution in [0.5, 0.6) is 0 Å². The molecule has 0 saturated heterocycles. The molecule has 19 heavy (non-hydrogen) atoms. The highest BCUT2D eigenvalue weighted by Gasteiger charge is 2.08. The summed E-state index contributed by atoms with van der Waals surface area (Å²) in [6.45, 7) is 0. The Morgan fingerprint density at radius 2 is 2.21 bits per heavy atom. The van der Waals surface area contributed by atoms with Crippen LogP contribution in [0, 0.1) is 11.3 Å².